The molecule has 64 valence electrons. The molecular formula is C10H8N2O. The first-order chi connectivity index (χ1) is 6.45. The summed E-state index contributed by atoms with van der Waals surface area (Å²) < 4.78 is 5.43. The molecule has 3 aliphatic rings. The lowest BCUT2D eigenvalue weighted by molar-refractivity contribution is 0.334. The summed E-state index contributed by atoms with van der Waals surface area (Å²) in [5, 5.41) is 3.13. The summed E-state index contributed by atoms with van der Waals surface area (Å²) in [5.74, 6) is 1.87. The number of hydrogen-bond donors (Lipinski definition) is 1. The fraction of sp³-hybridized carbons (Fsp3) is 0. The molecule has 0 aromatic heterocycles. The Morgan fingerprint density at radius 3 is 3.31 bits per heavy atom. The van der Waals surface area contributed by atoms with Gasteiger partial charge in [0.2, 0.25) is 0 Å². The van der Waals surface area contributed by atoms with Gasteiger partial charge in [0.25, 0.3) is 0 Å². The molecule has 0 amide bonds. The van der Waals surface area contributed by atoms with Crippen LogP contribution in [0, 0.1) is 0 Å². The van der Waals surface area contributed by atoms with Crippen LogP contribution < -0.4 is 5.32 Å². The molecule has 0 saturated carbocycles. The van der Waals surface area contributed by atoms with Crippen LogP contribution in [-0.4, -0.2) is 4.90 Å². The van der Waals surface area contributed by atoms with Crippen molar-refractivity contribution in [3.05, 3.63) is 60.2 Å². The van der Waals surface area contributed by atoms with Crippen molar-refractivity contribution in [3.63, 3.8) is 0 Å². The maximum Gasteiger partial charge on any atom is 0.174 e. The molecule has 0 saturated heterocycles. The summed E-state index contributed by atoms with van der Waals surface area (Å²) in [5.41, 5.74) is 1.10. The van der Waals surface area contributed by atoms with Crippen LogP contribution in [0.3, 0.4) is 0 Å². The van der Waals surface area contributed by atoms with E-state index in [-0.39, 0.29) is 0 Å². The summed E-state index contributed by atoms with van der Waals surface area (Å²) in [6, 6.07) is 0. The Balaban J connectivity index is 2.13. The highest BCUT2D eigenvalue weighted by Gasteiger charge is 2.22. The Bertz CT molecular complexity index is 399. The van der Waals surface area contributed by atoms with Gasteiger partial charge in [0.05, 0.1) is 6.26 Å². The van der Waals surface area contributed by atoms with Gasteiger partial charge in [-0.25, -0.2) is 0 Å². The molecule has 1 N–H and O–H groups in total. The lowest BCUT2D eigenvalue weighted by Crippen LogP contribution is -2.20. The Morgan fingerprint density at radius 2 is 2.31 bits per heavy atom. The van der Waals surface area contributed by atoms with Gasteiger partial charge in [-0.2, -0.15) is 0 Å². The number of nitrogens with zero attached hydrogens (tertiary/aromatic N) is 1. The van der Waals surface area contributed by atoms with Gasteiger partial charge in [-0.3, -0.25) is 0 Å². The van der Waals surface area contributed by atoms with Crippen molar-refractivity contribution in [2.45, 2.75) is 0 Å². The van der Waals surface area contributed by atoms with Crippen molar-refractivity contribution >= 4 is 0 Å². The van der Waals surface area contributed by atoms with E-state index in [1.165, 1.54) is 0 Å². The predicted octanol–water partition coefficient (Wildman–Crippen LogP) is 1.53. The van der Waals surface area contributed by atoms with Crippen LogP contribution in [0.15, 0.2) is 60.2 Å². The third-order valence-electron chi connectivity index (χ3n) is 2.15. The molecule has 0 aromatic rings. The molecule has 3 aliphatic heterocycles. The summed E-state index contributed by atoms with van der Waals surface area (Å²) >= 11 is 0. The molecule has 0 aliphatic carbocycles. The highest BCUT2D eigenvalue weighted by molar-refractivity contribution is 5.47. The summed E-state index contributed by atoms with van der Waals surface area (Å²) in [6.45, 7) is 0. The van der Waals surface area contributed by atoms with Gasteiger partial charge in [-0.15, -0.1) is 0 Å². The molecule has 3 rings (SSSR count). The third kappa shape index (κ3) is 0.839. The average Bonchev–Trinajstić information content (AvgIpc) is 2.65. The zero-order valence-electron chi connectivity index (χ0n) is 6.90. The van der Waals surface area contributed by atoms with Crippen LogP contribution in [0.25, 0.3) is 0 Å². The van der Waals surface area contributed by atoms with E-state index in [1.54, 1.807) is 6.26 Å². The topological polar surface area (TPSA) is 24.5 Å². The Morgan fingerprint density at radius 1 is 1.31 bits per heavy atom. The Labute approximate surface area is 76.0 Å². The predicted molar refractivity (Wildman–Crippen MR) is 48.6 cm³/mol. The maximum absolute atomic E-state index is 5.43. The zero-order valence-corrected chi connectivity index (χ0v) is 6.90. The van der Waals surface area contributed by atoms with Crippen molar-refractivity contribution in [1.29, 1.82) is 0 Å². The average molecular weight is 172 g/mol. The van der Waals surface area contributed by atoms with Gasteiger partial charge in [-0.1, -0.05) is 0 Å². The van der Waals surface area contributed by atoms with E-state index in [0.29, 0.717) is 0 Å². The van der Waals surface area contributed by atoms with E-state index < -0.39 is 0 Å². The molecule has 0 aromatic carbocycles. The quantitative estimate of drug-likeness (QED) is 0.599. The van der Waals surface area contributed by atoms with Gasteiger partial charge in [0, 0.05) is 24.2 Å². The molecule has 0 radical (unpaired) electrons. The standard InChI is InChI=1S/C10H8N2O/c1-2-8-3-5-12-6-4-11-10(12)9(8)13-7-1/h1-7,11H. The summed E-state index contributed by atoms with van der Waals surface area (Å²) in [6.07, 6.45) is 13.5. The smallest absolute Gasteiger partial charge is 0.174 e. The van der Waals surface area contributed by atoms with E-state index in [2.05, 4.69) is 5.32 Å². The number of rotatable bonds is 0. The van der Waals surface area contributed by atoms with Crippen molar-refractivity contribution in [3.8, 4) is 0 Å². The molecule has 0 atom stereocenters. The lowest BCUT2D eigenvalue weighted by atomic mass is 10.1. The fourth-order valence-electron chi connectivity index (χ4n) is 1.53. The van der Waals surface area contributed by atoms with Gasteiger partial charge >= 0.3 is 0 Å². The van der Waals surface area contributed by atoms with Crippen LogP contribution in [0.1, 0.15) is 0 Å². The first kappa shape index (κ1) is 6.60. The number of allylic oxidation sites excluding steroid dienone is 3. The molecule has 0 bridgehead atoms. The first-order valence-electron chi connectivity index (χ1n) is 4.13. The molecule has 0 unspecified atom stereocenters. The van der Waals surface area contributed by atoms with Crippen LogP contribution in [0.2, 0.25) is 0 Å². The second-order valence-electron chi connectivity index (χ2n) is 2.93. The second kappa shape index (κ2) is 2.29. The monoisotopic (exact) mass is 172 g/mol. The molecule has 0 fully saturated rings. The van der Waals surface area contributed by atoms with Gasteiger partial charge in [0.15, 0.2) is 11.6 Å². The number of hydrogen-bond acceptors (Lipinski definition) is 3. The van der Waals surface area contributed by atoms with Gasteiger partial charge in [-0.05, 0) is 18.2 Å². The van der Waals surface area contributed by atoms with E-state index >= 15 is 0 Å². The Hall–Kier alpha value is -1.90. The first-order valence-corrected chi connectivity index (χ1v) is 4.13. The van der Waals surface area contributed by atoms with Crippen LogP contribution in [-0.2, 0) is 4.74 Å². The molecule has 3 heteroatoms. The van der Waals surface area contributed by atoms with Gasteiger partial charge < -0.3 is 15.0 Å². The van der Waals surface area contributed by atoms with E-state index in [4.69, 9.17) is 4.74 Å². The number of fused-ring (bicyclic) bond motifs is 2. The molecule has 0 spiro atoms. The summed E-state index contributed by atoms with van der Waals surface area (Å²) in [4.78, 5) is 1.99. The number of ether oxygens (including phenoxy) is 1. The van der Waals surface area contributed by atoms with Gasteiger partial charge in [0.1, 0.15) is 0 Å². The SMILES string of the molecule is C1=COC2=C3NC=CN3C=CC2=C1. The molecule has 3 nitrogen and oxygen atoms in total. The highest BCUT2D eigenvalue weighted by atomic mass is 16.5. The molecule has 3 heterocycles. The van der Waals surface area contributed by atoms with Crippen LogP contribution >= 0.6 is 0 Å². The fourth-order valence-corrected chi connectivity index (χ4v) is 1.53. The van der Waals surface area contributed by atoms with E-state index in [9.17, 15) is 0 Å². The van der Waals surface area contributed by atoms with Crippen LogP contribution in [0.4, 0.5) is 0 Å². The van der Waals surface area contributed by atoms with E-state index in [1.807, 2.05) is 41.7 Å². The lowest BCUT2D eigenvalue weighted by Gasteiger charge is -2.23. The van der Waals surface area contributed by atoms with Crippen molar-refractivity contribution < 1.29 is 4.74 Å². The maximum atomic E-state index is 5.43. The van der Waals surface area contributed by atoms with Crippen molar-refractivity contribution in [2.24, 2.45) is 0 Å². The molecule has 13 heavy (non-hydrogen) atoms. The van der Waals surface area contributed by atoms with E-state index in [0.717, 1.165) is 17.2 Å². The minimum Gasteiger partial charge on any atom is -0.461 e. The second-order valence-corrected chi connectivity index (χ2v) is 2.93. The third-order valence-corrected chi connectivity index (χ3v) is 2.15. The highest BCUT2D eigenvalue weighted by Crippen LogP contribution is 2.28. The normalized spacial score (nSPS) is 22.2. The van der Waals surface area contributed by atoms with Crippen LogP contribution in [0.5, 0.6) is 0 Å². The minimum atomic E-state index is 0.884. The number of nitrogens with one attached hydrogen (secondary N) is 1. The molecular weight excluding hydrogens is 164 g/mol. The van der Waals surface area contributed by atoms with Crippen molar-refractivity contribution in [1.82, 2.24) is 10.2 Å². The zero-order chi connectivity index (χ0) is 8.67. The largest absolute Gasteiger partial charge is 0.461 e. The minimum absolute atomic E-state index is 0.884. The van der Waals surface area contributed by atoms with Crippen molar-refractivity contribution in [2.75, 3.05) is 0 Å². The summed E-state index contributed by atoms with van der Waals surface area (Å²) in [7, 11) is 0. The Kier molecular flexibility index (Phi) is 1.16.